The first-order valence-electron chi connectivity index (χ1n) is 12.5. The molecule has 0 saturated carbocycles. The van der Waals surface area contributed by atoms with E-state index in [0.717, 1.165) is 13.1 Å². The molecule has 0 spiro atoms. The smallest absolute Gasteiger partial charge is 0.401 e. The molecule has 1 aromatic carbocycles. The van der Waals surface area contributed by atoms with Crippen LogP contribution in [0.25, 0.3) is 0 Å². The Bertz CT molecular complexity index is 1130. The predicted octanol–water partition coefficient (Wildman–Crippen LogP) is 4.02. The van der Waals surface area contributed by atoms with Crippen molar-refractivity contribution in [1.82, 2.24) is 14.8 Å². The maximum Gasteiger partial charge on any atom is 0.401 e. The fourth-order valence-electron chi connectivity index (χ4n) is 5.36. The van der Waals surface area contributed by atoms with E-state index in [1.165, 1.54) is 12.0 Å². The Morgan fingerprint density at radius 1 is 1.26 bits per heavy atom. The fourth-order valence-corrected chi connectivity index (χ4v) is 5.36. The number of benzene rings is 1. The van der Waals surface area contributed by atoms with Crippen molar-refractivity contribution >= 4 is 17.8 Å². The van der Waals surface area contributed by atoms with Gasteiger partial charge in [-0.05, 0) is 31.4 Å². The molecule has 8 nitrogen and oxygen atoms in total. The molecule has 4 rings (SSSR count). The summed E-state index contributed by atoms with van der Waals surface area (Å²) in [4.78, 5) is 19.4. The number of hydrogen-bond donors (Lipinski definition) is 2. The third-order valence-electron chi connectivity index (χ3n) is 7.08. The van der Waals surface area contributed by atoms with Crippen molar-refractivity contribution < 1.29 is 31.8 Å². The highest BCUT2D eigenvalue weighted by atomic mass is 19.4. The average Bonchev–Trinajstić information content (AvgIpc) is 2.85. The first-order valence-corrected chi connectivity index (χ1v) is 12.5. The standard InChI is InChI=1S/C26H33F4N5O3/c1-16-9-20-19(5-6-21(31-2)25(20)38-15-36)24(35(16)14-26(28,29)30)23-22(37-3)10-17(11-32-23)33-18-12-34(13-18)8-4-7-27/h5-6,10-11,15-16,18,24,31,33H,4,7-9,12-14H2,1-3H3/t16-,24?/m1/s1. The molecule has 38 heavy (non-hydrogen) atoms. The molecule has 2 aliphatic rings. The number of fused-ring (bicyclic) bond motifs is 1. The second-order valence-electron chi connectivity index (χ2n) is 9.67. The summed E-state index contributed by atoms with van der Waals surface area (Å²) in [6.45, 7) is 2.79. The van der Waals surface area contributed by atoms with E-state index >= 15 is 0 Å². The summed E-state index contributed by atoms with van der Waals surface area (Å²) in [7, 11) is 3.14. The van der Waals surface area contributed by atoms with Crippen molar-refractivity contribution in [2.75, 3.05) is 57.6 Å². The van der Waals surface area contributed by atoms with Crippen molar-refractivity contribution in [1.29, 1.82) is 0 Å². The first kappa shape index (κ1) is 27.9. The quantitative estimate of drug-likeness (QED) is 0.328. The van der Waals surface area contributed by atoms with Crippen LogP contribution in [-0.2, 0) is 11.2 Å². The summed E-state index contributed by atoms with van der Waals surface area (Å²) in [5, 5.41) is 6.34. The molecule has 0 amide bonds. The number of ether oxygens (including phenoxy) is 2. The molecular formula is C26H33F4N5O3. The molecule has 2 atom stereocenters. The van der Waals surface area contributed by atoms with Gasteiger partial charge in [0, 0.05) is 44.4 Å². The molecule has 3 heterocycles. The van der Waals surface area contributed by atoms with E-state index in [2.05, 4.69) is 20.5 Å². The molecule has 0 bridgehead atoms. The van der Waals surface area contributed by atoms with Gasteiger partial charge in [0.25, 0.3) is 6.47 Å². The van der Waals surface area contributed by atoms with Crippen molar-refractivity contribution in [3.8, 4) is 11.5 Å². The summed E-state index contributed by atoms with van der Waals surface area (Å²) >= 11 is 0. The molecule has 0 aliphatic carbocycles. The van der Waals surface area contributed by atoms with E-state index in [1.807, 2.05) is 0 Å². The molecule has 12 heteroatoms. The molecule has 2 N–H and O–H groups in total. The van der Waals surface area contributed by atoms with Crippen molar-refractivity contribution in [3.05, 3.63) is 41.2 Å². The van der Waals surface area contributed by atoms with Gasteiger partial charge in [-0.25, -0.2) is 0 Å². The minimum atomic E-state index is -4.44. The van der Waals surface area contributed by atoms with Crippen LogP contribution < -0.4 is 20.1 Å². The van der Waals surface area contributed by atoms with Crippen LogP contribution in [-0.4, -0.2) is 86.5 Å². The number of carbonyl (C=O) groups is 1. The first-order chi connectivity index (χ1) is 18.2. The van der Waals surface area contributed by atoms with E-state index in [0.29, 0.717) is 59.1 Å². The number of anilines is 2. The Kier molecular flexibility index (Phi) is 8.61. The summed E-state index contributed by atoms with van der Waals surface area (Å²) in [6.07, 6.45) is -2.09. The molecular weight excluding hydrogens is 506 g/mol. The lowest BCUT2D eigenvalue weighted by Crippen LogP contribution is -2.54. The van der Waals surface area contributed by atoms with Crippen molar-refractivity contribution in [3.63, 3.8) is 0 Å². The van der Waals surface area contributed by atoms with Gasteiger partial charge in [0.1, 0.15) is 11.4 Å². The summed E-state index contributed by atoms with van der Waals surface area (Å²) in [6, 6.07) is 3.89. The number of hydrogen-bond acceptors (Lipinski definition) is 8. The van der Waals surface area contributed by atoms with Crippen molar-refractivity contribution in [2.24, 2.45) is 0 Å². The molecule has 1 fully saturated rings. The highest BCUT2D eigenvalue weighted by Crippen LogP contribution is 2.46. The number of rotatable bonds is 11. The Morgan fingerprint density at radius 2 is 2.03 bits per heavy atom. The highest BCUT2D eigenvalue weighted by Gasteiger charge is 2.43. The highest BCUT2D eigenvalue weighted by molar-refractivity contribution is 5.67. The van der Waals surface area contributed by atoms with Crippen LogP contribution in [0.15, 0.2) is 24.4 Å². The van der Waals surface area contributed by atoms with Gasteiger partial charge in [-0.1, -0.05) is 6.07 Å². The third-order valence-corrected chi connectivity index (χ3v) is 7.08. The van der Waals surface area contributed by atoms with Crippen LogP contribution in [0.5, 0.6) is 11.5 Å². The SMILES string of the molecule is CNc1ccc2c(c1OC=O)C[C@@H](C)N(CC(F)(F)F)C2c1ncc(NC2CN(CCCF)C2)cc1OC. The molecule has 1 saturated heterocycles. The lowest BCUT2D eigenvalue weighted by molar-refractivity contribution is -0.155. The Balaban J connectivity index is 1.71. The van der Waals surface area contributed by atoms with Gasteiger partial charge >= 0.3 is 6.18 Å². The average molecular weight is 540 g/mol. The van der Waals surface area contributed by atoms with Crippen LogP contribution in [0.2, 0.25) is 0 Å². The number of halogens is 4. The number of nitrogens with one attached hydrogen (secondary N) is 2. The lowest BCUT2D eigenvalue weighted by atomic mass is 9.85. The lowest BCUT2D eigenvalue weighted by Gasteiger charge is -2.43. The van der Waals surface area contributed by atoms with Gasteiger partial charge < -0.3 is 20.1 Å². The van der Waals surface area contributed by atoms with Gasteiger partial charge in [-0.15, -0.1) is 0 Å². The third kappa shape index (κ3) is 5.96. The summed E-state index contributed by atoms with van der Waals surface area (Å²) < 4.78 is 64.5. The maximum atomic E-state index is 13.7. The van der Waals surface area contributed by atoms with Crippen LogP contribution in [0.4, 0.5) is 28.9 Å². The Labute approximate surface area is 219 Å². The van der Waals surface area contributed by atoms with E-state index in [1.54, 1.807) is 38.4 Å². The maximum absolute atomic E-state index is 13.7. The molecule has 208 valence electrons. The van der Waals surface area contributed by atoms with Gasteiger partial charge in [0.2, 0.25) is 0 Å². The number of alkyl halides is 4. The van der Waals surface area contributed by atoms with E-state index < -0.39 is 24.8 Å². The van der Waals surface area contributed by atoms with Crippen LogP contribution in [0.3, 0.4) is 0 Å². The van der Waals surface area contributed by atoms with E-state index in [9.17, 15) is 22.4 Å². The zero-order valence-electron chi connectivity index (χ0n) is 21.6. The topological polar surface area (TPSA) is 79.0 Å². The van der Waals surface area contributed by atoms with Gasteiger partial charge in [-0.2, -0.15) is 13.2 Å². The number of nitrogens with zero attached hydrogens (tertiary/aromatic N) is 3. The number of methoxy groups -OCH3 is 1. The number of carbonyl (C=O) groups excluding carboxylic acids is 1. The van der Waals surface area contributed by atoms with Gasteiger partial charge in [0.15, 0.2) is 5.75 Å². The predicted molar refractivity (Wildman–Crippen MR) is 136 cm³/mol. The second-order valence-corrected chi connectivity index (χ2v) is 9.67. The largest absolute Gasteiger partial charge is 0.495 e. The minimum absolute atomic E-state index is 0.159. The normalized spacial score (nSPS) is 20.4. The number of likely N-dealkylation sites (tertiary alicyclic amines) is 1. The fraction of sp³-hybridized carbons (Fsp3) is 0.538. The minimum Gasteiger partial charge on any atom is -0.495 e. The second kappa shape index (κ2) is 11.7. The van der Waals surface area contributed by atoms with Crippen LogP contribution >= 0.6 is 0 Å². The van der Waals surface area contributed by atoms with Gasteiger partial charge in [0.05, 0.1) is 50.0 Å². The molecule has 0 radical (unpaired) electrons. The van der Waals surface area contributed by atoms with Gasteiger partial charge in [-0.3, -0.25) is 24.0 Å². The zero-order chi connectivity index (χ0) is 27.4. The summed E-state index contributed by atoms with van der Waals surface area (Å²) in [5.41, 5.74) is 2.79. The van der Waals surface area contributed by atoms with E-state index in [4.69, 9.17) is 9.47 Å². The Hall–Kier alpha value is -3.12. The van der Waals surface area contributed by atoms with Crippen LogP contribution in [0.1, 0.15) is 36.2 Å². The zero-order valence-corrected chi connectivity index (χ0v) is 21.6. The monoisotopic (exact) mass is 539 g/mol. The summed E-state index contributed by atoms with van der Waals surface area (Å²) in [5.74, 6) is 0.638. The van der Waals surface area contributed by atoms with Crippen molar-refractivity contribution in [2.45, 2.75) is 44.1 Å². The van der Waals surface area contributed by atoms with Crippen LogP contribution in [0, 0.1) is 0 Å². The molecule has 1 unspecified atom stereocenters. The molecule has 1 aromatic heterocycles. The molecule has 2 aliphatic heterocycles. The number of aromatic nitrogens is 1. The Morgan fingerprint density at radius 3 is 2.66 bits per heavy atom. The molecule has 2 aromatic rings. The van der Waals surface area contributed by atoms with E-state index in [-0.39, 0.29) is 19.1 Å². The number of pyridine rings is 1.